The molecule has 0 saturated carbocycles. The van der Waals surface area contributed by atoms with E-state index < -0.39 is 23.3 Å². The molecule has 0 spiro atoms. The Kier molecular flexibility index (Phi) is 4.08. The molecule has 2 aromatic rings. The molecule has 0 aliphatic rings. The molecule has 0 bridgehead atoms. The second-order valence-corrected chi connectivity index (χ2v) is 4.93. The predicted octanol–water partition coefficient (Wildman–Crippen LogP) is 1.79. The molecule has 108 valence electrons. The van der Waals surface area contributed by atoms with Gasteiger partial charge in [-0.3, -0.25) is 14.6 Å². The number of aromatic hydroxyl groups is 1. The third-order valence-corrected chi connectivity index (χ3v) is 3.24. The van der Waals surface area contributed by atoms with E-state index >= 15 is 0 Å². The number of rotatable bonds is 3. The van der Waals surface area contributed by atoms with E-state index in [1.165, 1.54) is 18.2 Å². The normalized spacial score (nSPS) is 10.1. The fourth-order valence-electron chi connectivity index (χ4n) is 1.63. The van der Waals surface area contributed by atoms with Crippen molar-refractivity contribution in [3.63, 3.8) is 0 Å². The third kappa shape index (κ3) is 3.48. The summed E-state index contributed by atoms with van der Waals surface area (Å²) in [4.78, 5) is 36.2. The molecule has 4 N–H and O–H groups in total. The number of amides is 1. The van der Waals surface area contributed by atoms with E-state index in [2.05, 4.69) is 26.2 Å². The third-order valence-electron chi connectivity index (χ3n) is 2.55. The Hall–Kier alpha value is -2.61. The number of carboxylic acids is 1. The number of halogens is 1. The molecular weight excluding hydrogens is 344 g/mol. The van der Waals surface area contributed by atoms with Gasteiger partial charge in [-0.2, -0.15) is 0 Å². The molecular formula is C13H9BrN2O5. The average Bonchev–Trinajstić information content (AvgIpc) is 2.39. The number of nitrogens with one attached hydrogen (secondary N) is 2. The second kappa shape index (κ2) is 5.80. The van der Waals surface area contributed by atoms with Crippen molar-refractivity contribution in [2.45, 2.75) is 0 Å². The summed E-state index contributed by atoms with van der Waals surface area (Å²) in [6.07, 6.45) is 0. The van der Waals surface area contributed by atoms with Gasteiger partial charge in [0.05, 0.1) is 11.1 Å². The maximum Gasteiger partial charge on any atom is 0.336 e. The number of H-pyrrole nitrogens is 1. The van der Waals surface area contributed by atoms with Crippen molar-refractivity contribution in [3.05, 3.63) is 56.3 Å². The minimum atomic E-state index is -1.15. The predicted molar refractivity (Wildman–Crippen MR) is 77.8 cm³/mol. The number of aromatic amines is 1. The van der Waals surface area contributed by atoms with Crippen molar-refractivity contribution in [2.24, 2.45) is 0 Å². The molecule has 1 aromatic carbocycles. The highest BCUT2D eigenvalue weighted by atomic mass is 79.9. The first-order chi connectivity index (χ1) is 9.86. The van der Waals surface area contributed by atoms with E-state index in [4.69, 9.17) is 5.11 Å². The molecule has 1 aromatic heterocycles. The van der Waals surface area contributed by atoms with E-state index in [0.29, 0.717) is 4.47 Å². The lowest BCUT2D eigenvalue weighted by Gasteiger charge is -2.07. The van der Waals surface area contributed by atoms with Gasteiger partial charge in [0.25, 0.3) is 11.5 Å². The van der Waals surface area contributed by atoms with Crippen molar-refractivity contribution in [2.75, 3.05) is 5.32 Å². The molecule has 0 atom stereocenters. The largest absolute Gasteiger partial charge is 0.494 e. The zero-order valence-corrected chi connectivity index (χ0v) is 12.0. The quantitative estimate of drug-likeness (QED) is 0.671. The Balaban J connectivity index is 2.29. The number of pyridine rings is 1. The molecule has 0 unspecified atom stereocenters. The van der Waals surface area contributed by atoms with Gasteiger partial charge in [0.15, 0.2) is 5.88 Å². The van der Waals surface area contributed by atoms with E-state index in [1.807, 2.05) is 0 Å². The SMILES string of the molecule is O=C(Nc1ccc(Br)c(C(=O)O)c1)c1cc(O)[nH]c(=O)c1. The van der Waals surface area contributed by atoms with Crippen LogP contribution in [0.1, 0.15) is 20.7 Å². The summed E-state index contributed by atoms with van der Waals surface area (Å²) in [6.45, 7) is 0. The highest BCUT2D eigenvalue weighted by Crippen LogP contribution is 2.21. The Bertz CT molecular complexity index is 784. The van der Waals surface area contributed by atoms with Crippen molar-refractivity contribution in [3.8, 4) is 5.88 Å². The van der Waals surface area contributed by atoms with Crippen LogP contribution in [-0.4, -0.2) is 27.1 Å². The molecule has 8 heteroatoms. The lowest BCUT2D eigenvalue weighted by molar-refractivity contribution is 0.0695. The number of anilines is 1. The molecule has 0 fully saturated rings. The molecule has 0 radical (unpaired) electrons. The average molecular weight is 353 g/mol. The Morgan fingerprint density at radius 1 is 1.19 bits per heavy atom. The van der Waals surface area contributed by atoms with Crippen LogP contribution in [0.5, 0.6) is 5.88 Å². The maximum atomic E-state index is 12.0. The van der Waals surface area contributed by atoms with Crippen molar-refractivity contribution in [1.29, 1.82) is 0 Å². The van der Waals surface area contributed by atoms with Crippen LogP contribution in [-0.2, 0) is 0 Å². The first-order valence-electron chi connectivity index (χ1n) is 5.64. The first-order valence-corrected chi connectivity index (χ1v) is 6.43. The molecule has 1 amide bonds. The molecule has 0 aliphatic heterocycles. The van der Waals surface area contributed by atoms with Crippen LogP contribution in [0.3, 0.4) is 0 Å². The van der Waals surface area contributed by atoms with Gasteiger partial charge in [-0.15, -0.1) is 0 Å². The summed E-state index contributed by atoms with van der Waals surface area (Å²) in [5.74, 6) is -2.23. The highest BCUT2D eigenvalue weighted by molar-refractivity contribution is 9.10. The molecule has 21 heavy (non-hydrogen) atoms. The minimum absolute atomic E-state index is 0.0124. The lowest BCUT2D eigenvalue weighted by atomic mass is 10.2. The summed E-state index contributed by atoms with van der Waals surface area (Å²) in [5, 5.41) is 20.7. The van der Waals surface area contributed by atoms with Crippen LogP contribution in [0, 0.1) is 0 Å². The molecule has 1 heterocycles. The monoisotopic (exact) mass is 352 g/mol. The summed E-state index contributed by atoms with van der Waals surface area (Å²) in [7, 11) is 0. The topological polar surface area (TPSA) is 119 Å². The number of aromatic nitrogens is 1. The van der Waals surface area contributed by atoms with Crippen molar-refractivity contribution < 1.29 is 19.8 Å². The lowest BCUT2D eigenvalue weighted by Crippen LogP contribution is -2.16. The maximum absolute atomic E-state index is 12.0. The van der Waals surface area contributed by atoms with Crippen molar-refractivity contribution >= 4 is 33.5 Å². The van der Waals surface area contributed by atoms with Gasteiger partial charge in [0.2, 0.25) is 0 Å². The van der Waals surface area contributed by atoms with Crippen molar-refractivity contribution in [1.82, 2.24) is 4.98 Å². The zero-order valence-electron chi connectivity index (χ0n) is 10.4. The summed E-state index contributed by atoms with van der Waals surface area (Å²) >= 11 is 3.09. The number of hydrogen-bond acceptors (Lipinski definition) is 4. The van der Waals surface area contributed by atoms with E-state index in [9.17, 15) is 19.5 Å². The smallest absolute Gasteiger partial charge is 0.336 e. The fraction of sp³-hybridized carbons (Fsp3) is 0. The minimum Gasteiger partial charge on any atom is -0.494 e. The highest BCUT2D eigenvalue weighted by Gasteiger charge is 2.12. The van der Waals surface area contributed by atoms with Gasteiger partial charge in [0, 0.05) is 22.3 Å². The molecule has 0 aliphatic carbocycles. The van der Waals surface area contributed by atoms with Gasteiger partial charge < -0.3 is 15.5 Å². The number of carbonyl (C=O) groups is 2. The zero-order chi connectivity index (χ0) is 15.6. The number of hydrogen-bond donors (Lipinski definition) is 4. The Labute approximate surface area is 126 Å². The number of carbonyl (C=O) groups excluding carboxylic acids is 1. The molecule has 7 nitrogen and oxygen atoms in total. The summed E-state index contributed by atoms with van der Waals surface area (Å²) in [5.41, 5.74) is -0.430. The van der Waals surface area contributed by atoms with E-state index in [1.54, 1.807) is 0 Å². The number of carboxylic acid groups (broad SMARTS) is 1. The standard InChI is InChI=1S/C13H9BrN2O5/c14-9-2-1-7(5-8(9)13(20)21)15-12(19)6-3-10(17)16-11(18)4-6/h1-5H,(H,15,19)(H,20,21)(H2,16,17,18). The second-order valence-electron chi connectivity index (χ2n) is 4.07. The molecule has 2 rings (SSSR count). The van der Waals surface area contributed by atoms with E-state index in [0.717, 1.165) is 12.1 Å². The van der Waals surface area contributed by atoms with Gasteiger partial charge in [-0.05, 0) is 34.1 Å². The van der Waals surface area contributed by atoms with Crippen LogP contribution in [0.15, 0.2) is 39.6 Å². The van der Waals surface area contributed by atoms with Crippen LogP contribution >= 0.6 is 15.9 Å². The van der Waals surface area contributed by atoms with Gasteiger partial charge in [0.1, 0.15) is 0 Å². The van der Waals surface area contributed by atoms with Crippen LogP contribution < -0.4 is 10.9 Å². The van der Waals surface area contributed by atoms with E-state index in [-0.39, 0.29) is 16.8 Å². The summed E-state index contributed by atoms with van der Waals surface area (Å²) < 4.78 is 0.377. The number of benzene rings is 1. The van der Waals surface area contributed by atoms with Crippen LogP contribution in [0.25, 0.3) is 0 Å². The van der Waals surface area contributed by atoms with Gasteiger partial charge >= 0.3 is 5.97 Å². The molecule has 0 saturated heterocycles. The Morgan fingerprint density at radius 2 is 1.90 bits per heavy atom. The van der Waals surface area contributed by atoms with Crippen LogP contribution in [0.2, 0.25) is 0 Å². The fourth-order valence-corrected chi connectivity index (χ4v) is 2.05. The first kappa shape index (κ1) is 14.8. The van der Waals surface area contributed by atoms with Crippen LogP contribution in [0.4, 0.5) is 5.69 Å². The van der Waals surface area contributed by atoms with Gasteiger partial charge in [-0.25, -0.2) is 4.79 Å². The Morgan fingerprint density at radius 3 is 2.52 bits per heavy atom. The van der Waals surface area contributed by atoms with Gasteiger partial charge in [-0.1, -0.05) is 0 Å². The summed E-state index contributed by atoms with van der Waals surface area (Å²) in [6, 6.07) is 6.37. The number of aromatic carboxylic acids is 1.